The van der Waals surface area contributed by atoms with Crippen LogP contribution >= 0.6 is 11.6 Å². The van der Waals surface area contributed by atoms with Gasteiger partial charge in [-0.25, -0.2) is 0 Å². The van der Waals surface area contributed by atoms with Crippen molar-refractivity contribution in [3.05, 3.63) is 41.7 Å². The van der Waals surface area contributed by atoms with Gasteiger partial charge in [0, 0.05) is 6.54 Å². The van der Waals surface area contributed by atoms with E-state index in [4.69, 9.17) is 16.3 Å². The minimum atomic E-state index is 0.566. The Morgan fingerprint density at radius 2 is 2.21 bits per heavy atom. The van der Waals surface area contributed by atoms with Gasteiger partial charge in [-0.15, -0.1) is 0 Å². The van der Waals surface area contributed by atoms with E-state index in [0.29, 0.717) is 16.8 Å². The Hall–Kier alpha value is -1.52. The molecule has 1 fully saturated rings. The third kappa shape index (κ3) is 2.91. The highest BCUT2D eigenvalue weighted by atomic mass is 35.5. The highest BCUT2D eigenvalue weighted by Crippen LogP contribution is 2.29. The van der Waals surface area contributed by atoms with E-state index < -0.39 is 0 Å². The van der Waals surface area contributed by atoms with Gasteiger partial charge in [0.15, 0.2) is 10.9 Å². The Labute approximate surface area is 117 Å². The number of para-hydroxylation sites is 1. The Kier molecular flexibility index (Phi) is 3.71. The second kappa shape index (κ2) is 5.63. The third-order valence-electron chi connectivity index (χ3n) is 3.31. The van der Waals surface area contributed by atoms with Gasteiger partial charge in [-0.05, 0) is 37.6 Å². The summed E-state index contributed by atoms with van der Waals surface area (Å²) in [6, 6.07) is 9.60. The normalized spacial score (nSPS) is 18.7. The largest absolute Gasteiger partial charge is 0.452 e. The van der Waals surface area contributed by atoms with Crippen LogP contribution in [-0.4, -0.2) is 22.9 Å². The average Bonchev–Trinajstić information content (AvgIpc) is 3.05. The van der Waals surface area contributed by atoms with Crippen LogP contribution in [0.1, 0.15) is 6.42 Å². The van der Waals surface area contributed by atoms with Crippen LogP contribution in [0.25, 0.3) is 0 Å². The summed E-state index contributed by atoms with van der Waals surface area (Å²) < 4.78 is 7.54. The summed E-state index contributed by atoms with van der Waals surface area (Å²) >= 11 is 6.31. The van der Waals surface area contributed by atoms with Crippen molar-refractivity contribution in [2.24, 2.45) is 5.92 Å². The van der Waals surface area contributed by atoms with Gasteiger partial charge in [0.2, 0.25) is 0 Å². The van der Waals surface area contributed by atoms with E-state index in [9.17, 15) is 0 Å². The van der Waals surface area contributed by atoms with Gasteiger partial charge < -0.3 is 10.1 Å². The third-order valence-corrected chi connectivity index (χ3v) is 3.69. The second-order valence-electron chi connectivity index (χ2n) is 4.76. The van der Waals surface area contributed by atoms with Crippen LogP contribution in [0.3, 0.4) is 0 Å². The summed E-state index contributed by atoms with van der Waals surface area (Å²) in [5.74, 6) is 1.98. The molecule has 1 aromatic carbocycles. The highest BCUT2D eigenvalue weighted by Gasteiger charge is 2.18. The van der Waals surface area contributed by atoms with Gasteiger partial charge in [-0.2, -0.15) is 5.10 Å². The molecule has 0 saturated carbocycles. The second-order valence-corrected chi connectivity index (χ2v) is 5.11. The molecule has 2 aromatic rings. The Morgan fingerprint density at radius 1 is 1.37 bits per heavy atom. The van der Waals surface area contributed by atoms with Gasteiger partial charge in [-0.1, -0.05) is 29.8 Å². The van der Waals surface area contributed by atoms with Gasteiger partial charge in [0.1, 0.15) is 5.75 Å². The van der Waals surface area contributed by atoms with Crippen molar-refractivity contribution in [3.8, 4) is 11.5 Å². The van der Waals surface area contributed by atoms with Crippen molar-refractivity contribution in [2.45, 2.75) is 13.0 Å². The fourth-order valence-corrected chi connectivity index (χ4v) is 2.48. The van der Waals surface area contributed by atoms with E-state index in [1.807, 2.05) is 35.0 Å². The maximum atomic E-state index is 6.31. The molecule has 19 heavy (non-hydrogen) atoms. The Bertz CT molecular complexity index is 535. The van der Waals surface area contributed by atoms with Crippen LogP contribution in [0.4, 0.5) is 0 Å². The predicted molar refractivity (Wildman–Crippen MR) is 74.7 cm³/mol. The lowest BCUT2D eigenvalue weighted by Crippen LogP contribution is -2.15. The molecule has 1 N–H and O–H groups in total. The Balaban J connectivity index is 1.71. The van der Waals surface area contributed by atoms with E-state index in [2.05, 4.69) is 10.4 Å². The van der Waals surface area contributed by atoms with Gasteiger partial charge in [-0.3, -0.25) is 4.68 Å². The number of hydrogen-bond donors (Lipinski definition) is 1. The number of nitrogens with zero attached hydrogens (tertiary/aromatic N) is 2. The first kappa shape index (κ1) is 12.5. The zero-order valence-corrected chi connectivity index (χ0v) is 11.3. The van der Waals surface area contributed by atoms with E-state index in [1.165, 1.54) is 6.42 Å². The van der Waals surface area contributed by atoms with Crippen molar-refractivity contribution in [3.63, 3.8) is 0 Å². The molecule has 0 aliphatic carbocycles. The molecule has 1 aromatic heterocycles. The highest BCUT2D eigenvalue weighted by molar-refractivity contribution is 6.31. The maximum absolute atomic E-state index is 6.31. The molecule has 1 saturated heterocycles. The molecule has 3 rings (SSSR count). The van der Waals surface area contributed by atoms with Gasteiger partial charge in [0.05, 0.1) is 6.20 Å². The van der Waals surface area contributed by atoms with Crippen LogP contribution in [0.15, 0.2) is 36.5 Å². The van der Waals surface area contributed by atoms with Crippen molar-refractivity contribution < 1.29 is 4.74 Å². The maximum Gasteiger partial charge on any atom is 0.184 e. The van der Waals surface area contributed by atoms with Crippen molar-refractivity contribution in [1.82, 2.24) is 15.1 Å². The van der Waals surface area contributed by atoms with E-state index in [-0.39, 0.29) is 0 Å². The molecular formula is C14H16ClN3O. The lowest BCUT2D eigenvalue weighted by Gasteiger charge is -2.09. The average molecular weight is 278 g/mol. The van der Waals surface area contributed by atoms with Crippen LogP contribution in [0, 0.1) is 5.92 Å². The van der Waals surface area contributed by atoms with E-state index in [1.54, 1.807) is 6.20 Å². The summed E-state index contributed by atoms with van der Waals surface area (Å²) in [6.07, 6.45) is 2.85. The SMILES string of the molecule is Clc1c(Oc2ccccc2)cnn1CC1CCNC1. The molecule has 5 heteroatoms. The van der Waals surface area contributed by atoms with Gasteiger partial charge >= 0.3 is 0 Å². The molecule has 4 nitrogen and oxygen atoms in total. The van der Waals surface area contributed by atoms with Crippen LogP contribution in [0.5, 0.6) is 11.5 Å². The molecule has 1 aliphatic rings. The fraction of sp³-hybridized carbons (Fsp3) is 0.357. The number of aromatic nitrogens is 2. The molecule has 100 valence electrons. The quantitative estimate of drug-likeness (QED) is 0.934. The molecular weight excluding hydrogens is 262 g/mol. The smallest absolute Gasteiger partial charge is 0.184 e. The number of hydrogen-bond acceptors (Lipinski definition) is 3. The Morgan fingerprint density at radius 3 is 2.95 bits per heavy atom. The first-order valence-electron chi connectivity index (χ1n) is 6.48. The fourth-order valence-electron chi connectivity index (χ4n) is 2.28. The summed E-state index contributed by atoms with van der Waals surface area (Å²) in [5, 5.41) is 8.22. The lowest BCUT2D eigenvalue weighted by molar-refractivity contribution is 0.445. The summed E-state index contributed by atoms with van der Waals surface area (Å²) in [6.45, 7) is 2.95. The molecule has 0 amide bonds. The number of benzene rings is 1. The monoisotopic (exact) mass is 277 g/mol. The topological polar surface area (TPSA) is 39.1 Å². The lowest BCUT2D eigenvalue weighted by atomic mass is 10.1. The molecule has 0 radical (unpaired) electrons. The number of nitrogens with one attached hydrogen (secondary N) is 1. The molecule has 1 unspecified atom stereocenters. The number of rotatable bonds is 4. The first-order valence-corrected chi connectivity index (χ1v) is 6.85. The standard InChI is InChI=1S/C14H16ClN3O/c15-14-13(19-12-4-2-1-3-5-12)9-17-18(14)10-11-6-7-16-8-11/h1-5,9,11,16H,6-8,10H2. The summed E-state index contributed by atoms with van der Waals surface area (Å²) in [5.41, 5.74) is 0. The minimum Gasteiger partial charge on any atom is -0.452 e. The predicted octanol–water partition coefficient (Wildman–Crippen LogP) is 2.94. The molecule has 1 atom stereocenters. The van der Waals surface area contributed by atoms with Gasteiger partial charge in [0.25, 0.3) is 0 Å². The molecule has 0 spiro atoms. The van der Waals surface area contributed by atoms with Crippen LogP contribution in [-0.2, 0) is 6.54 Å². The minimum absolute atomic E-state index is 0.566. The summed E-state index contributed by atoms with van der Waals surface area (Å²) in [4.78, 5) is 0. The molecule has 1 aliphatic heterocycles. The zero-order valence-electron chi connectivity index (χ0n) is 10.6. The van der Waals surface area contributed by atoms with Crippen molar-refractivity contribution in [1.29, 1.82) is 0 Å². The first-order chi connectivity index (χ1) is 9.33. The molecule has 0 bridgehead atoms. The van der Waals surface area contributed by atoms with Crippen molar-refractivity contribution >= 4 is 11.6 Å². The number of halogens is 1. The zero-order chi connectivity index (χ0) is 13.1. The number of ether oxygens (including phenoxy) is 1. The van der Waals surface area contributed by atoms with E-state index >= 15 is 0 Å². The summed E-state index contributed by atoms with van der Waals surface area (Å²) in [7, 11) is 0. The molecule has 2 heterocycles. The van der Waals surface area contributed by atoms with E-state index in [0.717, 1.165) is 25.4 Å². The van der Waals surface area contributed by atoms with Crippen molar-refractivity contribution in [2.75, 3.05) is 13.1 Å². The van der Waals surface area contributed by atoms with Crippen LogP contribution < -0.4 is 10.1 Å². The van der Waals surface area contributed by atoms with Crippen LogP contribution in [0.2, 0.25) is 5.15 Å².